The van der Waals surface area contributed by atoms with E-state index in [1.54, 1.807) is 0 Å². The van der Waals surface area contributed by atoms with Crippen LogP contribution in [0.2, 0.25) is 0 Å². The Hall–Kier alpha value is -0.0800. The molecule has 0 saturated heterocycles. The van der Waals surface area contributed by atoms with E-state index in [1.807, 2.05) is 0 Å². The molecule has 2 heteroatoms. The first kappa shape index (κ1) is 24.0. The van der Waals surface area contributed by atoms with Gasteiger partial charge >= 0.3 is 0 Å². The van der Waals surface area contributed by atoms with Crippen LogP contribution in [0, 0.1) is 0 Å². The maximum atomic E-state index is 9.64. The highest BCUT2D eigenvalue weighted by Gasteiger charge is 2.20. The molecule has 1 rings (SSSR count). The first-order valence-corrected chi connectivity index (χ1v) is 12.1. The molecular formula is C24H48O2. The van der Waals surface area contributed by atoms with Crippen molar-refractivity contribution in [2.75, 3.05) is 6.61 Å². The van der Waals surface area contributed by atoms with E-state index in [0.717, 1.165) is 32.3 Å². The van der Waals surface area contributed by atoms with Gasteiger partial charge in [-0.15, -0.1) is 0 Å². The third-order valence-corrected chi connectivity index (χ3v) is 5.95. The molecular weight excluding hydrogens is 320 g/mol. The Bertz CT molecular complexity index is 279. The van der Waals surface area contributed by atoms with Gasteiger partial charge < -0.3 is 9.84 Å². The summed E-state index contributed by atoms with van der Waals surface area (Å²) in [7, 11) is 0. The lowest BCUT2D eigenvalue weighted by Crippen LogP contribution is -2.26. The van der Waals surface area contributed by atoms with Gasteiger partial charge in [-0.1, -0.05) is 103 Å². The molecule has 0 amide bonds. The van der Waals surface area contributed by atoms with Crippen LogP contribution in [0.25, 0.3) is 0 Å². The summed E-state index contributed by atoms with van der Waals surface area (Å²) in [6.45, 7) is 3.19. The summed E-state index contributed by atoms with van der Waals surface area (Å²) < 4.78 is 5.91. The lowest BCUT2D eigenvalue weighted by molar-refractivity contribution is -0.0157. The molecule has 0 bridgehead atoms. The van der Waals surface area contributed by atoms with Crippen LogP contribution in [-0.2, 0) is 4.74 Å². The van der Waals surface area contributed by atoms with E-state index < -0.39 is 0 Å². The van der Waals surface area contributed by atoms with Crippen molar-refractivity contribution in [2.24, 2.45) is 0 Å². The zero-order valence-corrected chi connectivity index (χ0v) is 17.9. The topological polar surface area (TPSA) is 29.5 Å². The van der Waals surface area contributed by atoms with Crippen molar-refractivity contribution in [3.8, 4) is 0 Å². The first-order valence-electron chi connectivity index (χ1n) is 12.1. The SMILES string of the molecule is CCCCCCCCCCCCCCCCCCOC1CCCC(O)C1. The van der Waals surface area contributed by atoms with Crippen LogP contribution in [-0.4, -0.2) is 23.9 Å². The van der Waals surface area contributed by atoms with Gasteiger partial charge in [0, 0.05) is 6.61 Å². The quantitative estimate of drug-likeness (QED) is 0.253. The number of rotatable bonds is 18. The summed E-state index contributed by atoms with van der Waals surface area (Å²) in [5.74, 6) is 0. The second-order valence-electron chi connectivity index (χ2n) is 8.62. The van der Waals surface area contributed by atoms with Gasteiger partial charge in [-0.3, -0.25) is 0 Å². The third-order valence-electron chi connectivity index (χ3n) is 5.95. The average Bonchev–Trinajstić information content (AvgIpc) is 2.64. The molecule has 0 aromatic rings. The molecule has 26 heavy (non-hydrogen) atoms. The summed E-state index contributed by atoms with van der Waals surface area (Å²) in [5.41, 5.74) is 0. The first-order chi connectivity index (χ1) is 12.8. The van der Waals surface area contributed by atoms with Crippen molar-refractivity contribution in [3.05, 3.63) is 0 Å². The molecule has 2 unspecified atom stereocenters. The lowest BCUT2D eigenvalue weighted by Gasteiger charge is -2.25. The third kappa shape index (κ3) is 15.0. The normalized spacial score (nSPS) is 20.5. The summed E-state index contributed by atoms with van der Waals surface area (Å²) in [6.07, 6.45) is 26.9. The van der Waals surface area contributed by atoms with Crippen LogP contribution < -0.4 is 0 Å². The van der Waals surface area contributed by atoms with Gasteiger partial charge in [0.2, 0.25) is 0 Å². The fourth-order valence-electron chi connectivity index (χ4n) is 4.17. The van der Waals surface area contributed by atoms with Gasteiger partial charge in [-0.25, -0.2) is 0 Å². The molecule has 1 aliphatic rings. The second kappa shape index (κ2) is 18.3. The molecule has 1 fully saturated rings. The Kier molecular flexibility index (Phi) is 16.9. The summed E-state index contributed by atoms with van der Waals surface area (Å²) in [5, 5.41) is 9.64. The van der Waals surface area contributed by atoms with Crippen LogP contribution in [0.4, 0.5) is 0 Å². The number of aliphatic hydroxyl groups is 1. The molecule has 156 valence electrons. The summed E-state index contributed by atoms with van der Waals surface area (Å²) in [6, 6.07) is 0. The van der Waals surface area contributed by atoms with Gasteiger partial charge in [-0.2, -0.15) is 0 Å². The fourth-order valence-corrected chi connectivity index (χ4v) is 4.17. The number of hydrogen-bond donors (Lipinski definition) is 1. The Labute approximate surface area is 164 Å². The van der Waals surface area contributed by atoms with Crippen molar-refractivity contribution in [1.82, 2.24) is 0 Å². The number of aliphatic hydroxyl groups excluding tert-OH is 1. The zero-order valence-electron chi connectivity index (χ0n) is 17.9. The molecule has 2 nitrogen and oxygen atoms in total. The molecule has 0 radical (unpaired) electrons. The predicted octanol–water partition coefficient (Wildman–Crippen LogP) is 7.57. The Morgan fingerprint density at radius 1 is 0.654 bits per heavy atom. The van der Waals surface area contributed by atoms with Crippen LogP contribution in [0.5, 0.6) is 0 Å². The van der Waals surface area contributed by atoms with Crippen molar-refractivity contribution in [3.63, 3.8) is 0 Å². The van der Waals surface area contributed by atoms with Gasteiger partial charge in [-0.05, 0) is 32.1 Å². The monoisotopic (exact) mass is 368 g/mol. The summed E-state index contributed by atoms with van der Waals surface area (Å²) >= 11 is 0. The minimum absolute atomic E-state index is 0.112. The maximum Gasteiger partial charge on any atom is 0.0599 e. The summed E-state index contributed by atoms with van der Waals surface area (Å²) in [4.78, 5) is 0. The van der Waals surface area contributed by atoms with E-state index in [0.29, 0.717) is 6.10 Å². The Morgan fingerprint density at radius 2 is 1.12 bits per heavy atom. The van der Waals surface area contributed by atoms with Crippen molar-refractivity contribution < 1.29 is 9.84 Å². The highest BCUT2D eigenvalue weighted by molar-refractivity contribution is 4.72. The number of unbranched alkanes of at least 4 members (excludes halogenated alkanes) is 15. The van der Waals surface area contributed by atoms with Crippen LogP contribution >= 0.6 is 0 Å². The minimum Gasteiger partial charge on any atom is -0.393 e. The van der Waals surface area contributed by atoms with E-state index >= 15 is 0 Å². The molecule has 1 aliphatic carbocycles. The number of hydrogen-bond acceptors (Lipinski definition) is 2. The predicted molar refractivity (Wildman–Crippen MR) is 114 cm³/mol. The smallest absolute Gasteiger partial charge is 0.0599 e. The van der Waals surface area contributed by atoms with Gasteiger partial charge in [0.15, 0.2) is 0 Å². The van der Waals surface area contributed by atoms with E-state index in [4.69, 9.17) is 4.74 Å². The number of ether oxygens (including phenoxy) is 1. The van der Waals surface area contributed by atoms with Crippen LogP contribution in [0.15, 0.2) is 0 Å². The maximum absolute atomic E-state index is 9.64. The highest BCUT2D eigenvalue weighted by Crippen LogP contribution is 2.21. The second-order valence-corrected chi connectivity index (χ2v) is 8.62. The molecule has 0 aromatic carbocycles. The van der Waals surface area contributed by atoms with Crippen LogP contribution in [0.3, 0.4) is 0 Å². The van der Waals surface area contributed by atoms with E-state index in [9.17, 15) is 5.11 Å². The zero-order chi connectivity index (χ0) is 18.7. The highest BCUT2D eigenvalue weighted by atomic mass is 16.5. The molecule has 0 spiro atoms. The minimum atomic E-state index is -0.112. The molecule has 2 atom stereocenters. The molecule has 0 aromatic heterocycles. The van der Waals surface area contributed by atoms with Crippen molar-refractivity contribution in [1.29, 1.82) is 0 Å². The fraction of sp³-hybridized carbons (Fsp3) is 1.00. The van der Waals surface area contributed by atoms with E-state index in [2.05, 4.69) is 6.92 Å². The Balaban J connectivity index is 1.68. The molecule has 1 saturated carbocycles. The van der Waals surface area contributed by atoms with Crippen molar-refractivity contribution in [2.45, 2.75) is 148 Å². The molecule has 0 heterocycles. The van der Waals surface area contributed by atoms with E-state index in [1.165, 1.54) is 103 Å². The molecule has 1 N–H and O–H groups in total. The lowest BCUT2D eigenvalue weighted by atomic mass is 9.95. The van der Waals surface area contributed by atoms with Gasteiger partial charge in [0.1, 0.15) is 0 Å². The molecule has 0 aliphatic heterocycles. The van der Waals surface area contributed by atoms with Crippen LogP contribution in [0.1, 0.15) is 135 Å². The van der Waals surface area contributed by atoms with Gasteiger partial charge in [0.05, 0.1) is 12.2 Å². The Morgan fingerprint density at radius 3 is 1.58 bits per heavy atom. The average molecular weight is 369 g/mol. The van der Waals surface area contributed by atoms with E-state index in [-0.39, 0.29) is 6.10 Å². The largest absolute Gasteiger partial charge is 0.393 e. The standard InChI is InChI=1S/C24H48O2/c1-2-3-4-5-6-7-8-9-10-11-12-13-14-15-16-17-21-26-24-20-18-19-23(25)22-24/h23-25H,2-22H2,1H3. The van der Waals surface area contributed by atoms with Crippen molar-refractivity contribution >= 4 is 0 Å². The van der Waals surface area contributed by atoms with Gasteiger partial charge in [0.25, 0.3) is 0 Å².